The number of unbranched alkanes of at least 4 members (excludes halogenated alkanes) is 2. The average Bonchev–Trinajstić information content (AvgIpc) is 2.99. The highest BCUT2D eigenvalue weighted by Crippen LogP contribution is 2.31. The van der Waals surface area contributed by atoms with E-state index in [1.54, 1.807) is 29.3 Å². The Morgan fingerprint density at radius 3 is 2.29 bits per heavy atom. The van der Waals surface area contributed by atoms with Crippen molar-refractivity contribution >= 4 is 45.7 Å². The van der Waals surface area contributed by atoms with Crippen molar-refractivity contribution in [2.24, 2.45) is 5.73 Å². The number of aromatic nitrogens is 1. The van der Waals surface area contributed by atoms with E-state index in [0.717, 1.165) is 61.4 Å². The fraction of sp³-hybridized carbons (Fsp3) is 0.424. The molecule has 3 amide bonds. The minimum Gasteiger partial charge on any atom is -0.438 e. The molecule has 1 aliphatic rings. The predicted molar refractivity (Wildman–Crippen MR) is 184 cm³/mol. The lowest BCUT2D eigenvalue weighted by molar-refractivity contribution is 0.0996. The second kappa shape index (κ2) is 16.9. The highest BCUT2D eigenvalue weighted by molar-refractivity contribution is 7.92. The van der Waals surface area contributed by atoms with E-state index in [-0.39, 0.29) is 24.1 Å². The number of amides is 3. The number of hydrogen-bond donors (Lipinski definition) is 3. The van der Waals surface area contributed by atoms with Crippen LogP contribution in [-0.4, -0.2) is 67.1 Å². The number of urea groups is 1. The second-order valence-corrected chi connectivity index (χ2v) is 13.7. The van der Waals surface area contributed by atoms with E-state index in [2.05, 4.69) is 26.8 Å². The van der Waals surface area contributed by atoms with E-state index >= 15 is 0 Å². The molecule has 0 radical (unpaired) electrons. The number of rotatable bonds is 13. The number of sulfonamides is 1. The van der Waals surface area contributed by atoms with E-state index in [1.165, 1.54) is 0 Å². The number of halogens is 3. The van der Waals surface area contributed by atoms with Crippen LogP contribution in [0, 0.1) is 25.5 Å². The molecule has 48 heavy (non-hydrogen) atoms. The number of nitrogens with zero attached hydrogens (tertiary/aromatic N) is 3. The zero-order chi connectivity index (χ0) is 34.3. The monoisotopic (exact) mass is 708 g/mol. The number of carbonyl (C=O) groups is 2. The Morgan fingerprint density at radius 1 is 1.06 bits per heavy atom. The maximum Gasteiger partial charge on any atom is 0.322 e. The van der Waals surface area contributed by atoms with Gasteiger partial charge in [0, 0.05) is 56.2 Å². The summed E-state index contributed by atoms with van der Waals surface area (Å²) in [6.45, 7) is 8.33. The number of ether oxygens (including phenoxy) is 1. The summed E-state index contributed by atoms with van der Waals surface area (Å²) >= 11 is 0. The molecule has 3 aromatic rings. The van der Waals surface area contributed by atoms with Crippen molar-refractivity contribution in [1.29, 1.82) is 0 Å². The largest absolute Gasteiger partial charge is 0.438 e. The van der Waals surface area contributed by atoms with Crippen molar-refractivity contribution < 1.29 is 31.5 Å². The zero-order valence-corrected chi connectivity index (χ0v) is 29.1. The standard InChI is InChI=1S/C33H42F2N6O5S.ClH/c1-5-6-7-12-41(33(43)38-29-17-26(32(36)42)27(34)18-28(29)35)25-10-13-40(14-11-25)20-23-8-9-30(37-19-23)46-31-21(2)15-24(16-22(31)3)39-47(4,44)45;/h8-9,15-19,25,39H,5-7,10-14,20H2,1-4H3,(H2,36,42)(H,38,43);1H. The molecule has 2 heterocycles. The van der Waals surface area contributed by atoms with Crippen molar-refractivity contribution in [3.05, 3.63) is 76.5 Å². The predicted octanol–water partition coefficient (Wildman–Crippen LogP) is 6.35. The van der Waals surface area contributed by atoms with Gasteiger partial charge < -0.3 is 20.7 Å². The van der Waals surface area contributed by atoms with Crippen LogP contribution in [0.25, 0.3) is 0 Å². The number of likely N-dealkylation sites (tertiary alicyclic amines) is 1. The first-order valence-corrected chi connectivity index (χ1v) is 17.4. The van der Waals surface area contributed by atoms with Crippen LogP contribution in [0.5, 0.6) is 11.6 Å². The molecule has 1 saturated heterocycles. The maximum atomic E-state index is 14.5. The number of nitrogens with one attached hydrogen (secondary N) is 2. The Bertz CT molecular complexity index is 1680. The average molecular weight is 709 g/mol. The van der Waals surface area contributed by atoms with Crippen LogP contribution in [0.4, 0.5) is 25.0 Å². The first-order valence-electron chi connectivity index (χ1n) is 15.5. The fourth-order valence-corrected chi connectivity index (χ4v) is 6.25. The summed E-state index contributed by atoms with van der Waals surface area (Å²) in [5, 5.41) is 2.53. The molecular weight excluding hydrogens is 666 g/mol. The fourth-order valence-electron chi connectivity index (χ4n) is 5.70. The van der Waals surface area contributed by atoms with Gasteiger partial charge in [-0.25, -0.2) is 27.0 Å². The molecule has 0 spiro atoms. The minimum absolute atomic E-state index is 0. The lowest BCUT2D eigenvalue weighted by Crippen LogP contribution is -2.49. The van der Waals surface area contributed by atoms with Crippen LogP contribution in [0.2, 0.25) is 0 Å². The van der Waals surface area contributed by atoms with Crippen molar-refractivity contribution in [3.63, 3.8) is 0 Å². The molecule has 0 saturated carbocycles. The summed E-state index contributed by atoms with van der Waals surface area (Å²) < 4.78 is 60.2. The van der Waals surface area contributed by atoms with Crippen LogP contribution in [-0.2, 0) is 16.6 Å². The van der Waals surface area contributed by atoms with Gasteiger partial charge in [-0.1, -0.05) is 25.8 Å². The van der Waals surface area contributed by atoms with Gasteiger partial charge in [0.2, 0.25) is 15.9 Å². The van der Waals surface area contributed by atoms with Crippen molar-refractivity contribution in [2.75, 3.05) is 35.9 Å². The molecule has 0 aliphatic carbocycles. The summed E-state index contributed by atoms with van der Waals surface area (Å²) in [5.41, 5.74) is 7.40. The quantitative estimate of drug-likeness (QED) is 0.175. The lowest BCUT2D eigenvalue weighted by Gasteiger charge is -2.38. The molecule has 262 valence electrons. The topological polar surface area (TPSA) is 147 Å². The van der Waals surface area contributed by atoms with Gasteiger partial charge in [0.1, 0.15) is 17.4 Å². The summed E-state index contributed by atoms with van der Waals surface area (Å²) in [4.78, 5) is 33.4. The molecular formula is C33H43ClF2N6O5S. The highest BCUT2D eigenvalue weighted by Gasteiger charge is 2.29. The second-order valence-electron chi connectivity index (χ2n) is 11.9. The van der Waals surface area contributed by atoms with Gasteiger partial charge in [-0.15, -0.1) is 12.4 Å². The molecule has 4 rings (SSSR count). The first-order chi connectivity index (χ1) is 22.2. The molecule has 11 nitrogen and oxygen atoms in total. The number of pyridine rings is 1. The SMILES string of the molecule is CCCCCN(C(=O)Nc1cc(C(N)=O)c(F)cc1F)C1CCN(Cc2ccc(Oc3c(C)cc(NS(C)(=O)=O)cc3C)nc2)CC1.Cl. The third kappa shape index (κ3) is 10.5. The van der Waals surface area contributed by atoms with Gasteiger partial charge >= 0.3 is 6.03 Å². The molecule has 0 atom stereocenters. The van der Waals surface area contributed by atoms with Gasteiger partial charge in [0.25, 0.3) is 5.91 Å². The number of hydrogen-bond acceptors (Lipinski definition) is 7. The number of anilines is 2. The molecule has 1 aromatic heterocycles. The van der Waals surface area contributed by atoms with Gasteiger partial charge in [-0.2, -0.15) is 0 Å². The van der Waals surface area contributed by atoms with Crippen molar-refractivity contribution in [2.45, 2.75) is 65.5 Å². The Hall–Kier alpha value is -4.01. The lowest BCUT2D eigenvalue weighted by atomic mass is 10.0. The Kier molecular flexibility index (Phi) is 13.5. The van der Waals surface area contributed by atoms with Gasteiger partial charge in [0.15, 0.2) is 0 Å². The maximum absolute atomic E-state index is 14.5. The van der Waals surface area contributed by atoms with Gasteiger partial charge in [0.05, 0.1) is 17.5 Å². The highest BCUT2D eigenvalue weighted by atomic mass is 35.5. The molecule has 15 heteroatoms. The molecule has 1 aliphatic heterocycles. The van der Waals surface area contributed by atoms with E-state index in [0.29, 0.717) is 49.3 Å². The molecule has 2 aromatic carbocycles. The zero-order valence-electron chi connectivity index (χ0n) is 27.5. The normalized spacial score (nSPS) is 13.8. The molecule has 1 fully saturated rings. The minimum atomic E-state index is -3.40. The van der Waals surface area contributed by atoms with Crippen LogP contribution in [0.15, 0.2) is 42.6 Å². The third-order valence-electron chi connectivity index (χ3n) is 8.00. The van der Waals surface area contributed by atoms with E-state index in [4.69, 9.17) is 10.5 Å². The smallest absolute Gasteiger partial charge is 0.322 e. The van der Waals surface area contributed by atoms with Crippen LogP contribution < -0.4 is 20.5 Å². The first kappa shape index (κ1) is 38.4. The summed E-state index contributed by atoms with van der Waals surface area (Å²) in [6.07, 6.45) is 6.94. The summed E-state index contributed by atoms with van der Waals surface area (Å²) in [6, 6.07) is 8.04. The van der Waals surface area contributed by atoms with Crippen molar-refractivity contribution in [3.8, 4) is 11.6 Å². The Morgan fingerprint density at radius 2 is 1.73 bits per heavy atom. The Balaban J connectivity index is 0.00000625. The van der Waals surface area contributed by atoms with Gasteiger partial charge in [-0.3, -0.25) is 14.4 Å². The molecule has 0 unspecified atom stereocenters. The third-order valence-corrected chi connectivity index (χ3v) is 8.61. The van der Waals surface area contributed by atoms with Gasteiger partial charge in [-0.05, 0) is 68.0 Å². The number of piperidine rings is 1. The number of primary amides is 1. The molecule has 4 N–H and O–H groups in total. The number of carbonyl (C=O) groups excluding carboxylic acids is 2. The molecule has 0 bridgehead atoms. The van der Waals surface area contributed by atoms with E-state index in [1.807, 2.05) is 19.9 Å². The summed E-state index contributed by atoms with van der Waals surface area (Å²) in [7, 11) is -3.40. The van der Waals surface area contributed by atoms with E-state index in [9.17, 15) is 26.8 Å². The number of nitrogens with two attached hydrogens (primary N) is 1. The summed E-state index contributed by atoms with van der Waals surface area (Å²) in [5.74, 6) is -2.10. The van der Waals surface area contributed by atoms with Crippen LogP contribution >= 0.6 is 12.4 Å². The number of benzene rings is 2. The Labute approximate surface area is 286 Å². The van der Waals surface area contributed by atoms with E-state index < -0.39 is 39.2 Å². The number of aryl methyl sites for hydroxylation is 2. The van der Waals surface area contributed by atoms with Crippen LogP contribution in [0.1, 0.15) is 66.1 Å². The van der Waals surface area contributed by atoms with Crippen LogP contribution in [0.3, 0.4) is 0 Å². The van der Waals surface area contributed by atoms with Crippen molar-refractivity contribution in [1.82, 2.24) is 14.8 Å².